The van der Waals surface area contributed by atoms with Crippen molar-refractivity contribution >= 4 is 33.4 Å². The molecule has 11 rings (SSSR count). The van der Waals surface area contributed by atoms with Gasteiger partial charge in [0.1, 0.15) is 0 Å². The minimum absolute atomic E-state index is 0.0718. The maximum absolute atomic E-state index is 2.49. The van der Waals surface area contributed by atoms with Crippen LogP contribution in [0.3, 0.4) is 0 Å². The van der Waals surface area contributed by atoms with Crippen LogP contribution >= 0.6 is 0 Å². The lowest BCUT2D eigenvalue weighted by molar-refractivity contribution is 0.556. The number of fused-ring (bicyclic) bond motifs is 10. The Kier molecular flexibility index (Phi) is 7.19. The molecular formula is C54H39N. The highest BCUT2D eigenvalue weighted by molar-refractivity contribution is 6.01. The van der Waals surface area contributed by atoms with Crippen molar-refractivity contribution in [1.29, 1.82) is 0 Å². The predicted octanol–water partition coefficient (Wildman–Crippen LogP) is 14.0. The van der Waals surface area contributed by atoms with Crippen LogP contribution in [0.4, 0.5) is 17.1 Å². The van der Waals surface area contributed by atoms with Crippen molar-refractivity contribution in [2.45, 2.75) is 18.3 Å². The Balaban J connectivity index is 1.21. The van der Waals surface area contributed by atoms with Gasteiger partial charge in [0.05, 0.1) is 11.1 Å². The number of hydrogen-bond donors (Lipinski definition) is 0. The second kappa shape index (κ2) is 12.4. The first-order valence-electron chi connectivity index (χ1n) is 19.5. The second-order valence-corrected chi connectivity index (χ2v) is 15.2. The third kappa shape index (κ3) is 4.60. The molecule has 0 saturated carbocycles. The molecule has 0 fully saturated rings. The topological polar surface area (TPSA) is 3.24 Å². The minimum Gasteiger partial charge on any atom is -0.310 e. The first kappa shape index (κ1) is 31.8. The van der Waals surface area contributed by atoms with Gasteiger partial charge >= 0.3 is 0 Å². The molecule has 0 bridgehead atoms. The Bertz CT molecular complexity index is 2780. The molecular weight excluding hydrogens is 663 g/mol. The van der Waals surface area contributed by atoms with Crippen LogP contribution in [0, 0.1) is 5.92 Å². The fourth-order valence-corrected chi connectivity index (χ4v) is 10.2. The maximum Gasteiger partial charge on any atom is 0.0694 e. The van der Waals surface area contributed by atoms with Crippen LogP contribution in [0.25, 0.3) is 38.6 Å². The lowest BCUT2D eigenvalue weighted by atomic mass is 9.61. The summed E-state index contributed by atoms with van der Waals surface area (Å²) in [6.45, 7) is 2.43. The molecule has 8 aromatic rings. The molecule has 3 aliphatic rings. The van der Waals surface area contributed by atoms with Crippen LogP contribution in [-0.2, 0) is 5.41 Å². The second-order valence-electron chi connectivity index (χ2n) is 15.2. The van der Waals surface area contributed by atoms with Gasteiger partial charge in [0.25, 0.3) is 0 Å². The lowest BCUT2D eigenvalue weighted by Crippen LogP contribution is -2.33. The number of benzene rings is 8. The van der Waals surface area contributed by atoms with Gasteiger partial charge in [-0.3, -0.25) is 0 Å². The van der Waals surface area contributed by atoms with Gasteiger partial charge in [-0.05, 0) is 108 Å². The van der Waals surface area contributed by atoms with Gasteiger partial charge < -0.3 is 4.90 Å². The number of nitrogens with zero attached hydrogens (tertiary/aromatic N) is 1. The highest BCUT2D eigenvalue weighted by Crippen LogP contribution is 2.67. The number of hydrogen-bond acceptors (Lipinski definition) is 1. The fourth-order valence-electron chi connectivity index (χ4n) is 10.2. The fraction of sp³-hybridized carbons (Fsp3) is 0.0741. The van der Waals surface area contributed by atoms with Gasteiger partial charge in [-0.2, -0.15) is 0 Å². The van der Waals surface area contributed by atoms with Crippen molar-refractivity contribution in [3.63, 3.8) is 0 Å². The zero-order chi connectivity index (χ0) is 36.5. The van der Waals surface area contributed by atoms with Crippen LogP contribution in [0.2, 0.25) is 0 Å². The van der Waals surface area contributed by atoms with E-state index >= 15 is 0 Å². The van der Waals surface area contributed by atoms with E-state index in [0.29, 0.717) is 0 Å². The molecule has 0 amide bonds. The smallest absolute Gasteiger partial charge is 0.0694 e. The van der Waals surface area contributed by atoms with E-state index in [0.717, 1.165) is 11.4 Å². The van der Waals surface area contributed by atoms with Gasteiger partial charge in [0.15, 0.2) is 0 Å². The zero-order valence-corrected chi connectivity index (χ0v) is 30.7. The molecule has 2 unspecified atom stereocenters. The highest BCUT2D eigenvalue weighted by Gasteiger charge is 2.56. The molecule has 0 N–H and O–H groups in total. The average Bonchev–Trinajstić information content (AvgIpc) is 3.72. The van der Waals surface area contributed by atoms with E-state index in [4.69, 9.17) is 0 Å². The van der Waals surface area contributed by atoms with Crippen molar-refractivity contribution in [1.82, 2.24) is 0 Å². The molecule has 0 aromatic heterocycles. The molecule has 1 nitrogen and oxygen atoms in total. The van der Waals surface area contributed by atoms with Gasteiger partial charge in [-0.25, -0.2) is 0 Å². The van der Waals surface area contributed by atoms with Gasteiger partial charge in [-0.1, -0.05) is 183 Å². The molecule has 2 atom stereocenters. The Morgan fingerprint density at radius 3 is 1.67 bits per heavy atom. The Labute approximate surface area is 323 Å². The minimum atomic E-state index is -0.425. The Morgan fingerprint density at radius 1 is 0.455 bits per heavy atom. The van der Waals surface area contributed by atoms with Crippen LogP contribution in [0.1, 0.15) is 40.7 Å². The highest BCUT2D eigenvalue weighted by atomic mass is 15.1. The van der Waals surface area contributed by atoms with Gasteiger partial charge in [0, 0.05) is 17.3 Å². The molecule has 1 spiro atoms. The van der Waals surface area contributed by atoms with Crippen LogP contribution < -0.4 is 4.90 Å². The van der Waals surface area contributed by atoms with E-state index in [1.807, 2.05) is 0 Å². The summed E-state index contributed by atoms with van der Waals surface area (Å²) in [7, 11) is 0. The summed E-state index contributed by atoms with van der Waals surface area (Å²) in [6.07, 6.45) is 4.91. The van der Waals surface area contributed by atoms with Gasteiger partial charge in [-0.15, -0.1) is 0 Å². The normalized spacial score (nSPS) is 17.2. The molecule has 0 saturated heterocycles. The van der Waals surface area contributed by atoms with Crippen molar-refractivity contribution in [2.24, 2.45) is 5.92 Å². The van der Waals surface area contributed by atoms with Crippen LogP contribution in [0.15, 0.2) is 212 Å². The van der Waals surface area contributed by atoms with E-state index in [-0.39, 0.29) is 11.8 Å². The van der Waals surface area contributed by atoms with Crippen LogP contribution in [0.5, 0.6) is 0 Å². The molecule has 0 heterocycles. The number of allylic oxidation sites excluding steroid dienone is 4. The summed E-state index contributed by atoms with van der Waals surface area (Å²) < 4.78 is 0. The first-order valence-corrected chi connectivity index (χ1v) is 19.5. The summed E-state index contributed by atoms with van der Waals surface area (Å²) in [5.74, 6) is 0.301. The predicted molar refractivity (Wildman–Crippen MR) is 230 cm³/mol. The summed E-state index contributed by atoms with van der Waals surface area (Å²) in [5, 5.41) is 2.56. The molecule has 0 aliphatic heterocycles. The summed E-state index contributed by atoms with van der Waals surface area (Å²) in [6, 6.07) is 72.0. The number of anilines is 3. The van der Waals surface area contributed by atoms with Crippen molar-refractivity contribution < 1.29 is 0 Å². The average molecular weight is 702 g/mol. The van der Waals surface area contributed by atoms with Crippen molar-refractivity contribution in [3.8, 4) is 22.3 Å². The molecule has 3 aliphatic carbocycles. The molecule has 1 heteroatoms. The Hall–Kier alpha value is -6.70. The molecule has 260 valence electrons. The largest absolute Gasteiger partial charge is 0.310 e. The van der Waals surface area contributed by atoms with E-state index in [1.165, 1.54) is 77.7 Å². The Morgan fingerprint density at radius 2 is 0.982 bits per heavy atom. The molecule has 8 aromatic carbocycles. The molecule has 0 radical (unpaired) electrons. The summed E-state index contributed by atoms with van der Waals surface area (Å²) in [5.41, 5.74) is 17.9. The van der Waals surface area contributed by atoms with Gasteiger partial charge in [0.2, 0.25) is 0 Å². The van der Waals surface area contributed by atoms with Crippen molar-refractivity contribution in [3.05, 3.63) is 240 Å². The first-order chi connectivity index (χ1) is 27.2. The summed E-state index contributed by atoms with van der Waals surface area (Å²) >= 11 is 0. The maximum atomic E-state index is 2.49. The number of rotatable bonds is 5. The van der Waals surface area contributed by atoms with E-state index in [2.05, 4.69) is 218 Å². The third-order valence-electron chi connectivity index (χ3n) is 12.4. The SMILES string of the molecule is CC1C=CC2=C(C1c1c(N(c3ccccc3)c3ccc(-c4ccccc4)cc3)ccc3ccccc13)C1(c3ccccc32)c2ccccc2-c2ccccc21. The molecule has 55 heavy (non-hydrogen) atoms. The third-order valence-corrected chi connectivity index (χ3v) is 12.4. The van der Waals surface area contributed by atoms with E-state index in [1.54, 1.807) is 0 Å². The quantitative estimate of drug-likeness (QED) is 0.173. The van der Waals surface area contributed by atoms with E-state index < -0.39 is 5.41 Å². The zero-order valence-electron chi connectivity index (χ0n) is 30.7. The monoisotopic (exact) mass is 701 g/mol. The summed E-state index contributed by atoms with van der Waals surface area (Å²) in [4.78, 5) is 2.49. The lowest BCUT2D eigenvalue weighted by Gasteiger charge is -2.41. The number of para-hydroxylation sites is 1. The van der Waals surface area contributed by atoms with E-state index in [9.17, 15) is 0 Å². The van der Waals surface area contributed by atoms with Crippen molar-refractivity contribution in [2.75, 3.05) is 4.90 Å². The van der Waals surface area contributed by atoms with Crippen LogP contribution in [-0.4, -0.2) is 0 Å². The standard InChI is InChI=1S/C54H39N/c1-36-28-34-46-45-24-12-15-27-49(45)54(47-25-13-10-22-43(47)44-23-11-14-26-48(44)54)53(46)51(36)52-42-21-9-8-18-39(42)31-35-50(52)55(40-19-6-3-7-20-40)41-32-29-38(30-33-41)37-16-4-2-5-17-37/h2-36,51H,1H3.